The molecule has 1 N–H and O–H groups in total. The van der Waals surface area contributed by atoms with Crippen LogP contribution in [0.2, 0.25) is 0 Å². The maximum Gasteiger partial charge on any atom is 0.326 e. The van der Waals surface area contributed by atoms with Crippen molar-refractivity contribution in [3.05, 3.63) is 0 Å². The molecule has 0 radical (unpaired) electrons. The van der Waals surface area contributed by atoms with Crippen LogP contribution in [-0.4, -0.2) is 66.3 Å². The van der Waals surface area contributed by atoms with Crippen LogP contribution in [0.15, 0.2) is 0 Å². The van der Waals surface area contributed by atoms with E-state index in [0.717, 1.165) is 12.8 Å². The second kappa shape index (κ2) is 6.58. The Labute approximate surface area is 107 Å². The number of aliphatic carboxylic acids is 1. The highest BCUT2D eigenvalue weighted by Crippen LogP contribution is 2.15. The van der Waals surface area contributed by atoms with Gasteiger partial charge in [0.15, 0.2) is 0 Å². The zero-order chi connectivity index (χ0) is 13.7. The first-order chi connectivity index (χ1) is 8.51. The monoisotopic (exact) mass is 258 g/mol. The summed E-state index contributed by atoms with van der Waals surface area (Å²) in [6.45, 7) is 2.96. The van der Waals surface area contributed by atoms with Crippen molar-refractivity contribution >= 4 is 12.0 Å². The zero-order valence-electron chi connectivity index (χ0n) is 11.3. The second-order valence-electron chi connectivity index (χ2n) is 4.60. The van der Waals surface area contributed by atoms with E-state index in [0.29, 0.717) is 19.5 Å². The second-order valence-corrected chi connectivity index (χ2v) is 4.60. The van der Waals surface area contributed by atoms with E-state index in [1.165, 1.54) is 4.90 Å². The minimum atomic E-state index is -0.964. The van der Waals surface area contributed by atoms with Crippen LogP contribution in [0.1, 0.15) is 26.2 Å². The van der Waals surface area contributed by atoms with Gasteiger partial charge in [0.1, 0.15) is 6.04 Å². The van der Waals surface area contributed by atoms with Gasteiger partial charge in [0.05, 0.1) is 6.10 Å². The van der Waals surface area contributed by atoms with Gasteiger partial charge in [-0.1, -0.05) is 6.92 Å². The van der Waals surface area contributed by atoms with E-state index in [9.17, 15) is 9.59 Å². The third kappa shape index (κ3) is 3.35. The molecule has 2 amide bonds. The molecule has 1 aliphatic heterocycles. The van der Waals surface area contributed by atoms with Crippen LogP contribution >= 0.6 is 0 Å². The average Bonchev–Trinajstić information content (AvgIpc) is 2.38. The molecule has 6 heteroatoms. The smallest absolute Gasteiger partial charge is 0.326 e. The van der Waals surface area contributed by atoms with E-state index in [4.69, 9.17) is 9.84 Å². The van der Waals surface area contributed by atoms with Crippen LogP contribution in [0.4, 0.5) is 4.79 Å². The predicted molar refractivity (Wildman–Crippen MR) is 66.5 cm³/mol. The fourth-order valence-electron chi connectivity index (χ4n) is 2.27. The highest BCUT2D eigenvalue weighted by atomic mass is 16.5. The van der Waals surface area contributed by atoms with Crippen LogP contribution in [0.25, 0.3) is 0 Å². The third-order valence-corrected chi connectivity index (χ3v) is 3.42. The first-order valence-electron chi connectivity index (χ1n) is 6.28. The Morgan fingerprint density at radius 3 is 2.72 bits per heavy atom. The number of nitrogens with zero attached hydrogens (tertiary/aromatic N) is 2. The average molecular weight is 258 g/mol. The summed E-state index contributed by atoms with van der Waals surface area (Å²) in [5.41, 5.74) is 0. The van der Waals surface area contributed by atoms with Gasteiger partial charge in [0.25, 0.3) is 0 Å². The lowest BCUT2D eigenvalue weighted by molar-refractivity contribution is -0.142. The number of amides is 2. The Balaban J connectivity index is 2.65. The fourth-order valence-corrected chi connectivity index (χ4v) is 2.27. The fraction of sp³-hybridized carbons (Fsp3) is 0.833. The minimum Gasteiger partial charge on any atom is -0.480 e. The number of hydrogen-bond acceptors (Lipinski definition) is 3. The van der Waals surface area contributed by atoms with Gasteiger partial charge in [-0.05, 0) is 19.3 Å². The molecule has 2 unspecified atom stereocenters. The van der Waals surface area contributed by atoms with Gasteiger partial charge in [-0.2, -0.15) is 0 Å². The number of piperidine rings is 1. The number of likely N-dealkylation sites (N-methyl/N-ethyl adjacent to an activating group) is 1. The summed E-state index contributed by atoms with van der Waals surface area (Å²) < 4.78 is 5.26. The summed E-state index contributed by atoms with van der Waals surface area (Å²) >= 11 is 0. The Morgan fingerprint density at radius 1 is 1.56 bits per heavy atom. The van der Waals surface area contributed by atoms with E-state index in [1.54, 1.807) is 26.0 Å². The predicted octanol–water partition coefficient (Wildman–Crippen LogP) is 1.01. The van der Waals surface area contributed by atoms with Crippen molar-refractivity contribution in [1.82, 2.24) is 9.80 Å². The zero-order valence-corrected chi connectivity index (χ0v) is 11.3. The van der Waals surface area contributed by atoms with E-state index in [2.05, 4.69) is 0 Å². The summed E-state index contributed by atoms with van der Waals surface area (Å²) in [6, 6.07) is -0.994. The van der Waals surface area contributed by atoms with Crippen LogP contribution < -0.4 is 0 Å². The standard InChI is InChI=1S/C12H22N2O4/c1-4-10(11(15)16)13(2)12(17)14-7-5-6-9(8-14)18-3/h9-10H,4-8H2,1-3H3,(H,15,16). The summed E-state index contributed by atoms with van der Waals surface area (Å²) in [7, 11) is 3.18. The molecule has 18 heavy (non-hydrogen) atoms. The molecule has 0 aromatic rings. The molecule has 2 atom stereocenters. The molecule has 1 saturated heterocycles. The van der Waals surface area contributed by atoms with Gasteiger partial charge in [0.2, 0.25) is 0 Å². The summed E-state index contributed by atoms with van der Waals surface area (Å²) in [4.78, 5) is 26.2. The Bertz CT molecular complexity index is 308. The normalized spacial score (nSPS) is 21.5. The number of carboxylic acid groups (broad SMARTS) is 1. The van der Waals surface area contributed by atoms with Crippen molar-refractivity contribution in [3.8, 4) is 0 Å². The topological polar surface area (TPSA) is 70.1 Å². The molecule has 104 valence electrons. The molecule has 0 saturated carbocycles. The molecular formula is C12H22N2O4. The molecule has 0 spiro atoms. The van der Waals surface area contributed by atoms with Crippen LogP contribution in [0, 0.1) is 0 Å². The van der Waals surface area contributed by atoms with Gasteiger partial charge in [0, 0.05) is 27.2 Å². The van der Waals surface area contributed by atoms with Gasteiger partial charge in [-0.15, -0.1) is 0 Å². The molecule has 0 aliphatic carbocycles. The van der Waals surface area contributed by atoms with E-state index < -0.39 is 12.0 Å². The van der Waals surface area contributed by atoms with E-state index in [1.807, 2.05) is 0 Å². The molecular weight excluding hydrogens is 236 g/mol. The van der Waals surface area contributed by atoms with Crippen molar-refractivity contribution in [2.24, 2.45) is 0 Å². The maximum absolute atomic E-state index is 12.2. The highest BCUT2D eigenvalue weighted by Gasteiger charge is 2.30. The molecule has 1 fully saturated rings. The Morgan fingerprint density at radius 2 is 2.22 bits per heavy atom. The summed E-state index contributed by atoms with van der Waals surface area (Å²) in [5.74, 6) is -0.964. The number of ether oxygens (including phenoxy) is 1. The Kier molecular flexibility index (Phi) is 5.40. The molecule has 1 heterocycles. The number of urea groups is 1. The molecule has 0 aromatic carbocycles. The lowest BCUT2D eigenvalue weighted by Crippen LogP contribution is -2.52. The van der Waals surface area contributed by atoms with E-state index >= 15 is 0 Å². The molecule has 1 rings (SSSR count). The minimum absolute atomic E-state index is 0.0565. The van der Waals surface area contributed by atoms with Gasteiger partial charge >= 0.3 is 12.0 Å². The largest absolute Gasteiger partial charge is 0.480 e. The van der Waals surface area contributed by atoms with Crippen LogP contribution in [0.5, 0.6) is 0 Å². The number of methoxy groups -OCH3 is 1. The number of carbonyl (C=O) groups is 2. The Hall–Kier alpha value is -1.30. The van der Waals surface area contributed by atoms with Crippen molar-refractivity contribution in [1.29, 1.82) is 0 Å². The first kappa shape index (κ1) is 14.8. The third-order valence-electron chi connectivity index (χ3n) is 3.42. The number of rotatable bonds is 4. The highest BCUT2D eigenvalue weighted by molar-refractivity contribution is 5.82. The lowest BCUT2D eigenvalue weighted by atomic mass is 10.1. The van der Waals surface area contributed by atoms with Gasteiger partial charge in [-0.3, -0.25) is 0 Å². The quantitative estimate of drug-likeness (QED) is 0.817. The molecule has 1 aliphatic rings. The van der Waals surface area contributed by atoms with Crippen molar-refractivity contribution in [2.45, 2.75) is 38.3 Å². The molecule has 6 nitrogen and oxygen atoms in total. The first-order valence-corrected chi connectivity index (χ1v) is 6.28. The molecule has 0 aromatic heterocycles. The number of carbonyl (C=O) groups excluding carboxylic acids is 1. The number of carboxylic acids is 1. The van der Waals surface area contributed by atoms with Crippen LogP contribution in [0.3, 0.4) is 0 Å². The number of likely N-dealkylation sites (tertiary alicyclic amines) is 1. The van der Waals surface area contributed by atoms with Crippen molar-refractivity contribution in [2.75, 3.05) is 27.2 Å². The van der Waals surface area contributed by atoms with Crippen molar-refractivity contribution < 1.29 is 19.4 Å². The van der Waals surface area contributed by atoms with Crippen molar-refractivity contribution in [3.63, 3.8) is 0 Å². The van der Waals surface area contributed by atoms with Gasteiger partial charge < -0.3 is 19.6 Å². The maximum atomic E-state index is 12.2. The lowest BCUT2D eigenvalue weighted by Gasteiger charge is -2.36. The van der Waals surface area contributed by atoms with Crippen LogP contribution in [-0.2, 0) is 9.53 Å². The SMILES string of the molecule is CCC(C(=O)O)N(C)C(=O)N1CCCC(OC)C1. The molecule has 0 bridgehead atoms. The van der Waals surface area contributed by atoms with E-state index in [-0.39, 0.29) is 12.1 Å². The number of hydrogen-bond donors (Lipinski definition) is 1. The summed E-state index contributed by atoms with van der Waals surface area (Å²) in [6.07, 6.45) is 2.29. The van der Waals surface area contributed by atoms with Gasteiger partial charge in [-0.25, -0.2) is 9.59 Å². The summed E-state index contributed by atoms with van der Waals surface area (Å²) in [5, 5.41) is 9.05.